The summed E-state index contributed by atoms with van der Waals surface area (Å²) in [6.45, 7) is 2.70. The summed E-state index contributed by atoms with van der Waals surface area (Å²) in [6, 6.07) is 32.6. The van der Waals surface area contributed by atoms with Crippen LogP contribution >= 0.6 is 11.8 Å². The quantitative estimate of drug-likeness (QED) is 0.219. The third kappa shape index (κ3) is 6.46. The van der Waals surface area contributed by atoms with Crippen LogP contribution in [0.5, 0.6) is 0 Å². The molecule has 0 spiro atoms. The van der Waals surface area contributed by atoms with Gasteiger partial charge in [-0.25, -0.2) is 9.97 Å². The highest BCUT2D eigenvalue weighted by molar-refractivity contribution is 7.98. The van der Waals surface area contributed by atoms with E-state index < -0.39 is 0 Å². The van der Waals surface area contributed by atoms with Crippen molar-refractivity contribution in [2.75, 3.05) is 0 Å². The van der Waals surface area contributed by atoms with Gasteiger partial charge in [0.05, 0.1) is 6.54 Å². The highest BCUT2D eigenvalue weighted by Crippen LogP contribution is 2.27. The van der Waals surface area contributed by atoms with Gasteiger partial charge in [0.25, 0.3) is 5.91 Å². The van der Waals surface area contributed by atoms with Crippen molar-refractivity contribution in [2.24, 2.45) is 0 Å². The highest BCUT2D eigenvalue weighted by atomic mass is 32.2. The Morgan fingerprint density at radius 1 is 0.865 bits per heavy atom. The molecule has 0 bridgehead atoms. The first-order chi connectivity index (χ1) is 18.2. The van der Waals surface area contributed by atoms with Crippen LogP contribution in [0, 0.1) is 0 Å². The summed E-state index contributed by atoms with van der Waals surface area (Å²) in [5.41, 5.74) is 6.07. The molecule has 0 saturated heterocycles. The van der Waals surface area contributed by atoms with Crippen LogP contribution in [0.15, 0.2) is 108 Å². The first-order valence-corrected chi connectivity index (χ1v) is 13.6. The van der Waals surface area contributed by atoms with Gasteiger partial charge in [-0.2, -0.15) is 0 Å². The van der Waals surface area contributed by atoms with Crippen LogP contribution in [0.4, 0.5) is 0 Å². The molecular formula is C31H30N4OS. The molecule has 5 nitrogen and oxygen atoms in total. The molecule has 3 aromatic carbocycles. The van der Waals surface area contributed by atoms with Crippen molar-refractivity contribution < 1.29 is 4.79 Å². The lowest BCUT2D eigenvalue weighted by molar-refractivity contribution is 0.0938. The normalized spacial score (nSPS) is 11.9. The fourth-order valence-corrected chi connectivity index (χ4v) is 5.22. The van der Waals surface area contributed by atoms with Gasteiger partial charge in [0.2, 0.25) is 0 Å². The van der Waals surface area contributed by atoms with Crippen LogP contribution in [-0.2, 0) is 18.7 Å². The Bertz CT molecular complexity index is 1450. The fourth-order valence-electron chi connectivity index (χ4n) is 4.26. The van der Waals surface area contributed by atoms with Gasteiger partial charge in [-0.3, -0.25) is 9.36 Å². The van der Waals surface area contributed by atoms with E-state index in [1.165, 1.54) is 11.1 Å². The predicted octanol–water partition coefficient (Wildman–Crippen LogP) is 6.52. The molecule has 0 fully saturated rings. The molecule has 0 aliphatic rings. The van der Waals surface area contributed by atoms with Gasteiger partial charge < -0.3 is 5.32 Å². The smallest absolute Gasteiger partial charge is 0.251 e. The predicted molar refractivity (Wildman–Crippen MR) is 151 cm³/mol. The molecule has 37 heavy (non-hydrogen) atoms. The van der Waals surface area contributed by atoms with Crippen molar-refractivity contribution in [3.8, 4) is 0 Å². The minimum Gasteiger partial charge on any atom is -0.350 e. The molecule has 2 aromatic heterocycles. The third-order valence-corrected chi connectivity index (χ3v) is 7.37. The molecule has 5 rings (SSSR count). The van der Waals surface area contributed by atoms with E-state index in [1.54, 1.807) is 18.0 Å². The maximum atomic E-state index is 12.8. The average Bonchev–Trinajstić information content (AvgIpc) is 3.29. The van der Waals surface area contributed by atoms with E-state index in [-0.39, 0.29) is 11.9 Å². The Balaban J connectivity index is 1.24. The van der Waals surface area contributed by atoms with Crippen molar-refractivity contribution in [1.29, 1.82) is 0 Å². The van der Waals surface area contributed by atoms with Gasteiger partial charge in [0.1, 0.15) is 5.52 Å². The van der Waals surface area contributed by atoms with Gasteiger partial charge in [-0.15, -0.1) is 0 Å². The molecule has 0 aliphatic heterocycles. The number of fused-ring (bicyclic) bond motifs is 1. The number of aryl methyl sites for hydroxylation is 1. The van der Waals surface area contributed by atoms with E-state index in [0.29, 0.717) is 12.1 Å². The zero-order valence-electron chi connectivity index (χ0n) is 20.9. The first-order valence-electron chi connectivity index (χ1n) is 12.6. The number of hydrogen-bond donors (Lipinski definition) is 1. The number of hydrogen-bond acceptors (Lipinski definition) is 4. The maximum Gasteiger partial charge on any atom is 0.251 e. The van der Waals surface area contributed by atoms with Crippen molar-refractivity contribution >= 4 is 28.8 Å². The molecule has 0 aliphatic carbocycles. The monoisotopic (exact) mass is 506 g/mol. The second-order valence-corrected chi connectivity index (χ2v) is 10.1. The Labute approximate surface area is 222 Å². The number of carbonyl (C=O) groups excluding carboxylic acids is 1. The number of rotatable bonds is 10. The molecule has 2 heterocycles. The number of carbonyl (C=O) groups is 1. The lowest BCUT2D eigenvalue weighted by atomic mass is 10.1. The number of amides is 1. The van der Waals surface area contributed by atoms with E-state index in [2.05, 4.69) is 58.2 Å². The summed E-state index contributed by atoms with van der Waals surface area (Å²) < 4.78 is 2.16. The summed E-state index contributed by atoms with van der Waals surface area (Å²) in [7, 11) is 0. The van der Waals surface area contributed by atoms with E-state index in [0.717, 1.165) is 40.5 Å². The van der Waals surface area contributed by atoms with Gasteiger partial charge in [0, 0.05) is 23.6 Å². The molecule has 6 heteroatoms. The van der Waals surface area contributed by atoms with Crippen LogP contribution in [-0.4, -0.2) is 26.5 Å². The number of pyridine rings is 1. The minimum absolute atomic E-state index is 0.0408. The number of aromatic nitrogens is 3. The molecular weight excluding hydrogens is 476 g/mol. The number of nitrogens with one attached hydrogen (secondary N) is 1. The van der Waals surface area contributed by atoms with Crippen molar-refractivity contribution in [2.45, 2.75) is 43.3 Å². The van der Waals surface area contributed by atoms with Crippen molar-refractivity contribution in [1.82, 2.24) is 19.9 Å². The fraction of sp³-hybridized carbons (Fsp3) is 0.194. The lowest BCUT2D eigenvalue weighted by Gasteiger charge is -2.14. The number of nitrogens with zero attached hydrogens (tertiary/aromatic N) is 3. The highest BCUT2D eigenvalue weighted by Gasteiger charge is 2.14. The molecule has 5 aromatic rings. The number of benzene rings is 3. The first kappa shape index (κ1) is 24.8. The summed E-state index contributed by atoms with van der Waals surface area (Å²) in [5.74, 6) is 0.798. The second kappa shape index (κ2) is 11.9. The minimum atomic E-state index is -0.0408. The zero-order valence-corrected chi connectivity index (χ0v) is 21.7. The van der Waals surface area contributed by atoms with Gasteiger partial charge in [-0.05, 0) is 60.7 Å². The van der Waals surface area contributed by atoms with E-state index in [1.807, 2.05) is 60.7 Å². The number of thioether (sulfide) groups is 1. The molecule has 186 valence electrons. The number of imidazole rings is 1. The van der Waals surface area contributed by atoms with Crippen molar-refractivity contribution in [3.05, 3.63) is 126 Å². The van der Waals surface area contributed by atoms with E-state index in [4.69, 9.17) is 4.98 Å². The van der Waals surface area contributed by atoms with Crippen LogP contribution in [0.25, 0.3) is 11.2 Å². The molecule has 0 saturated carbocycles. The lowest BCUT2D eigenvalue weighted by Crippen LogP contribution is -2.32. The molecule has 1 amide bonds. The Hall–Kier alpha value is -3.90. The zero-order chi connectivity index (χ0) is 25.5. The van der Waals surface area contributed by atoms with Crippen LogP contribution < -0.4 is 5.32 Å². The largest absolute Gasteiger partial charge is 0.350 e. The standard InChI is InChI=1S/C31H30N4OS/c1-23(14-15-24-9-4-2-5-10-24)33-30(36)27-18-16-25(17-19-27)21-35-29-28(13-8-20-32-29)34-31(35)37-22-26-11-6-3-7-12-26/h2-13,16-20,23H,14-15,21-22H2,1H3,(H,33,36)/t23-/m1/s1. The van der Waals surface area contributed by atoms with Crippen LogP contribution in [0.2, 0.25) is 0 Å². The van der Waals surface area contributed by atoms with Crippen LogP contribution in [0.3, 0.4) is 0 Å². The maximum absolute atomic E-state index is 12.8. The molecule has 1 atom stereocenters. The molecule has 1 N–H and O–H groups in total. The Kier molecular flexibility index (Phi) is 7.96. The molecule has 0 unspecified atom stereocenters. The van der Waals surface area contributed by atoms with Crippen LogP contribution in [0.1, 0.15) is 40.4 Å². The molecule has 0 radical (unpaired) electrons. The summed E-state index contributed by atoms with van der Waals surface area (Å²) >= 11 is 1.71. The second-order valence-electron chi connectivity index (χ2n) is 9.20. The summed E-state index contributed by atoms with van der Waals surface area (Å²) in [6.07, 6.45) is 3.65. The van der Waals surface area contributed by atoms with Gasteiger partial charge in [0.15, 0.2) is 10.8 Å². The summed E-state index contributed by atoms with van der Waals surface area (Å²) in [5, 5.41) is 4.07. The average molecular weight is 507 g/mol. The van der Waals surface area contributed by atoms with Gasteiger partial charge >= 0.3 is 0 Å². The van der Waals surface area contributed by atoms with Crippen molar-refractivity contribution in [3.63, 3.8) is 0 Å². The van der Waals surface area contributed by atoms with Gasteiger partial charge in [-0.1, -0.05) is 84.6 Å². The topological polar surface area (TPSA) is 59.8 Å². The SMILES string of the molecule is C[C@H](CCc1ccccc1)NC(=O)c1ccc(Cn2c(SCc3ccccc3)nc3cccnc32)cc1. The summed E-state index contributed by atoms with van der Waals surface area (Å²) in [4.78, 5) is 22.2. The third-order valence-electron chi connectivity index (χ3n) is 6.32. The Morgan fingerprint density at radius 2 is 1.57 bits per heavy atom. The van der Waals surface area contributed by atoms with E-state index >= 15 is 0 Å². The van der Waals surface area contributed by atoms with E-state index in [9.17, 15) is 4.79 Å². The Morgan fingerprint density at radius 3 is 2.30 bits per heavy atom.